The molecule has 0 amide bonds. The second-order valence-electron chi connectivity index (χ2n) is 2.51. The topological polar surface area (TPSA) is 12.0 Å². The number of hydrogen-bond acceptors (Lipinski definition) is 1. The Morgan fingerprint density at radius 2 is 2.23 bits per heavy atom. The Morgan fingerprint density at radius 3 is 3.00 bits per heavy atom. The molecule has 2 heteroatoms. The molecule has 1 atom stereocenters. The van der Waals surface area contributed by atoms with Crippen molar-refractivity contribution >= 4 is 15.9 Å². The van der Waals surface area contributed by atoms with Crippen molar-refractivity contribution in [3.05, 3.63) is 34.3 Å². The van der Waals surface area contributed by atoms with Crippen LogP contribution in [0.2, 0.25) is 0 Å². The number of hydrogen-bond donors (Lipinski definition) is 1. The molecule has 13 heavy (non-hydrogen) atoms. The van der Waals surface area contributed by atoms with Crippen LogP contribution in [0.4, 0.5) is 0 Å². The maximum atomic E-state index is 8.44. The molecule has 1 nitrogen and oxygen atoms in total. The van der Waals surface area contributed by atoms with Gasteiger partial charge in [-0.2, -0.15) is 0 Å². The predicted octanol–water partition coefficient (Wildman–Crippen LogP) is 2.92. The van der Waals surface area contributed by atoms with Crippen LogP contribution in [0.3, 0.4) is 0 Å². The molecule has 0 spiro atoms. The highest BCUT2D eigenvalue weighted by Gasteiger charge is 2.14. The van der Waals surface area contributed by atoms with E-state index in [1.165, 1.54) is 24.3 Å². The van der Waals surface area contributed by atoms with E-state index in [2.05, 4.69) is 15.9 Å². The zero-order valence-corrected chi connectivity index (χ0v) is 8.27. The van der Waals surface area contributed by atoms with Crippen LogP contribution < -0.4 is 5.32 Å². The molecule has 0 bridgehead atoms. The second kappa shape index (κ2) is 4.25. The Bertz CT molecular complexity index is 586. The fourth-order valence-corrected chi connectivity index (χ4v) is 1.28. The molecule has 2 rings (SSSR count). The maximum Gasteiger partial charge on any atom is 0.0434 e. The van der Waals surface area contributed by atoms with Crippen LogP contribution in [0.1, 0.15) is 36.5 Å². The molecule has 1 fully saturated rings. The van der Waals surface area contributed by atoms with E-state index in [0.29, 0.717) is 4.47 Å². The first-order valence-electron chi connectivity index (χ1n) is 8.26. The highest BCUT2D eigenvalue weighted by atomic mass is 79.9. The van der Waals surface area contributed by atoms with Gasteiger partial charge in [0.1, 0.15) is 0 Å². The molecule has 0 saturated carbocycles. The zero-order chi connectivity index (χ0) is 17.2. The van der Waals surface area contributed by atoms with Crippen LogP contribution in [0.15, 0.2) is 28.7 Å². The van der Waals surface area contributed by atoms with Gasteiger partial charge in [-0.3, -0.25) is 0 Å². The molecule has 1 aliphatic rings. The molecule has 1 saturated heterocycles. The monoisotopic (exact) mass is 248 g/mol. The molecule has 70 valence electrons. The Kier molecular flexibility index (Phi) is 1.10. The highest BCUT2D eigenvalue weighted by Crippen LogP contribution is 2.24. The van der Waals surface area contributed by atoms with Crippen LogP contribution >= 0.6 is 15.9 Å². The normalized spacial score (nSPS) is 54.4. The minimum atomic E-state index is -3.13. The average Bonchev–Trinajstić information content (AvgIpc) is 2.35. The van der Waals surface area contributed by atoms with Crippen molar-refractivity contribution in [3.8, 4) is 0 Å². The van der Waals surface area contributed by atoms with Crippen LogP contribution in [0.25, 0.3) is 0 Å². The summed E-state index contributed by atoms with van der Waals surface area (Å²) >= 11 is 3.19. The van der Waals surface area contributed by atoms with Gasteiger partial charge in [0.15, 0.2) is 0 Å². The van der Waals surface area contributed by atoms with E-state index in [1.54, 1.807) is 0 Å². The number of nitrogens with one attached hydrogen (secondary N) is 1. The van der Waals surface area contributed by atoms with E-state index in [0.717, 1.165) is 0 Å². The van der Waals surface area contributed by atoms with Crippen molar-refractivity contribution in [2.24, 2.45) is 0 Å². The number of benzene rings is 1. The summed E-state index contributed by atoms with van der Waals surface area (Å²) < 4.78 is 72.0. The fraction of sp³-hybridized carbons (Fsp3) is 0.455. The van der Waals surface area contributed by atoms with Crippen LogP contribution in [-0.4, -0.2) is 13.0 Å². The number of piperidine rings is 1. The summed E-state index contributed by atoms with van der Waals surface area (Å²) in [5.74, 6) is -2.68. The van der Waals surface area contributed by atoms with Gasteiger partial charge >= 0.3 is 0 Å². The van der Waals surface area contributed by atoms with Crippen LogP contribution in [0, 0.1) is 0 Å². The largest absolute Gasteiger partial charge is 0.316 e. The summed E-state index contributed by atoms with van der Waals surface area (Å²) in [6, 6.07) is 5.64. The zero-order valence-electron chi connectivity index (χ0n) is 15.7. The lowest BCUT2D eigenvalue weighted by Gasteiger charge is -2.22. The van der Waals surface area contributed by atoms with E-state index in [4.69, 9.17) is 12.3 Å². The molecule has 1 aromatic carbocycles. The Hall–Kier alpha value is -0.340. The third kappa shape index (κ3) is 2.32. The standard InChI is InChI=1S/C11H14BrN/c12-11-5-3-9(4-6-11)10-2-1-7-13-8-10/h3-6,10,13H,1-2,7-8H2/i1D2,2D2,7D2,8D2,10D. The molecule has 0 aromatic heterocycles. The number of rotatable bonds is 1. The van der Waals surface area contributed by atoms with Gasteiger partial charge in [0, 0.05) is 23.3 Å². The quantitative estimate of drug-likeness (QED) is 0.807. The van der Waals surface area contributed by atoms with E-state index < -0.39 is 31.6 Å². The molecule has 0 aliphatic carbocycles. The van der Waals surface area contributed by atoms with E-state index >= 15 is 0 Å². The fourth-order valence-electron chi connectivity index (χ4n) is 1.01. The van der Waals surface area contributed by atoms with Crippen LogP contribution in [0.5, 0.6) is 0 Å². The van der Waals surface area contributed by atoms with Crippen molar-refractivity contribution in [2.75, 3.05) is 13.0 Å². The van der Waals surface area contributed by atoms with Gasteiger partial charge in [-0.1, -0.05) is 28.1 Å². The highest BCUT2D eigenvalue weighted by molar-refractivity contribution is 9.10. The SMILES string of the molecule is [2H]C1([2H])NC([2H])([2H])C([2H])(c2ccc(Br)cc2)C([2H])([2H])C1([2H])[2H]. The smallest absolute Gasteiger partial charge is 0.0434 e. The summed E-state index contributed by atoms with van der Waals surface area (Å²) in [4.78, 5) is 0. The van der Waals surface area contributed by atoms with Crippen molar-refractivity contribution in [1.29, 1.82) is 0 Å². The Morgan fingerprint density at radius 1 is 1.46 bits per heavy atom. The van der Waals surface area contributed by atoms with Gasteiger partial charge in [0.2, 0.25) is 0 Å². The average molecular weight is 249 g/mol. The van der Waals surface area contributed by atoms with Crippen molar-refractivity contribution in [3.63, 3.8) is 0 Å². The maximum absolute atomic E-state index is 8.44. The molecule has 0 radical (unpaired) electrons. The lowest BCUT2D eigenvalue weighted by Crippen LogP contribution is -2.28. The van der Waals surface area contributed by atoms with Crippen molar-refractivity contribution in [1.82, 2.24) is 5.32 Å². The molecular formula is C11H14BrN. The van der Waals surface area contributed by atoms with Gasteiger partial charge in [-0.05, 0) is 42.8 Å². The third-order valence-corrected chi connectivity index (χ3v) is 2.16. The molecular weight excluding hydrogens is 226 g/mol. The molecule has 1 unspecified atom stereocenters. The van der Waals surface area contributed by atoms with Gasteiger partial charge in [0.05, 0.1) is 0 Å². The summed E-state index contributed by atoms with van der Waals surface area (Å²) in [6.45, 7) is -5.81. The van der Waals surface area contributed by atoms with Gasteiger partial charge in [-0.25, -0.2) is 0 Å². The number of halogens is 1. The summed E-state index contributed by atoms with van der Waals surface area (Å²) in [5, 5.41) is 1.83. The lowest BCUT2D eigenvalue weighted by atomic mass is 9.92. The first kappa shape index (κ1) is 3.35. The van der Waals surface area contributed by atoms with Crippen molar-refractivity contribution in [2.45, 2.75) is 18.6 Å². The minimum absolute atomic E-state index is 0.0856. The minimum Gasteiger partial charge on any atom is -0.316 e. The van der Waals surface area contributed by atoms with E-state index in [9.17, 15) is 0 Å². The summed E-state index contributed by atoms with van der Waals surface area (Å²) in [7, 11) is 0. The third-order valence-electron chi connectivity index (χ3n) is 1.63. The first-order chi connectivity index (χ1) is 9.71. The summed E-state index contributed by atoms with van der Waals surface area (Å²) in [6.07, 6.45) is -6.26. The van der Waals surface area contributed by atoms with Gasteiger partial charge in [-0.15, -0.1) is 0 Å². The molecule has 1 N–H and O–H groups in total. The van der Waals surface area contributed by atoms with Gasteiger partial charge < -0.3 is 5.32 Å². The van der Waals surface area contributed by atoms with E-state index in [1.807, 2.05) is 5.32 Å². The lowest BCUT2D eigenvalue weighted by molar-refractivity contribution is 0.461. The van der Waals surface area contributed by atoms with Crippen LogP contribution in [-0.2, 0) is 0 Å². The molecule has 1 aliphatic heterocycles. The first-order valence-corrected chi connectivity index (χ1v) is 4.55. The Balaban J connectivity index is 2.74. The summed E-state index contributed by atoms with van der Waals surface area (Å²) in [5.41, 5.74) is -0.0856. The van der Waals surface area contributed by atoms with Gasteiger partial charge in [0.25, 0.3) is 0 Å². The predicted molar refractivity (Wildman–Crippen MR) is 59.0 cm³/mol. The molecule has 1 heterocycles. The van der Waals surface area contributed by atoms with E-state index in [-0.39, 0.29) is 5.56 Å². The second-order valence-corrected chi connectivity index (χ2v) is 3.42. The van der Waals surface area contributed by atoms with Crippen molar-refractivity contribution < 1.29 is 12.3 Å². The molecule has 1 aromatic rings. The Labute approximate surface area is 100 Å².